The number of unbranched alkanes of at least 4 members (excludes halogenated alkanes) is 22. The maximum atomic E-state index is 12.1. The van der Waals surface area contributed by atoms with Gasteiger partial charge in [-0.15, -0.1) is 0 Å². The normalized spacial score (nSPS) is 12.5. The third kappa shape index (κ3) is 33.4. The van der Waals surface area contributed by atoms with Gasteiger partial charge in [-0.2, -0.15) is 0 Å². The van der Waals surface area contributed by atoms with E-state index in [1.807, 2.05) is 0 Å². The van der Waals surface area contributed by atoms with Gasteiger partial charge in [0.05, 0.1) is 13.2 Å². The summed E-state index contributed by atoms with van der Waals surface area (Å²) in [6.07, 6.45) is 42.1. The van der Waals surface area contributed by atoms with Gasteiger partial charge >= 0.3 is 5.97 Å². The lowest BCUT2D eigenvalue weighted by atomic mass is 10.0. The first kappa shape index (κ1) is 40.9. The number of rotatable bonds is 34. The molecule has 1 unspecified atom stereocenters. The number of allylic oxidation sites excluding steroid dienone is 4. The van der Waals surface area contributed by atoms with Crippen LogP contribution in [-0.2, 0) is 14.3 Å². The van der Waals surface area contributed by atoms with Gasteiger partial charge in [0.2, 0.25) is 0 Å². The summed E-state index contributed by atoms with van der Waals surface area (Å²) < 4.78 is 11.1. The minimum absolute atomic E-state index is 0.172. The first-order chi connectivity index (χ1) is 20.7. The molecular weight excluding hydrogens is 520 g/mol. The van der Waals surface area contributed by atoms with Crippen LogP contribution in [-0.4, -0.2) is 37.0 Å². The Kier molecular flexibility index (Phi) is 35.1. The fraction of sp³-hybridized carbons (Fsp3) is 0.868. The molecule has 4 heteroatoms. The minimum Gasteiger partial charge on any atom is -0.457 e. The summed E-state index contributed by atoms with van der Waals surface area (Å²) in [5.41, 5.74) is 0. The first-order valence-electron chi connectivity index (χ1n) is 18.4. The number of aliphatic hydroxyl groups is 1. The van der Waals surface area contributed by atoms with Crippen LogP contribution in [0.15, 0.2) is 24.3 Å². The molecule has 0 radical (unpaired) electrons. The van der Waals surface area contributed by atoms with E-state index in [1.165, 1.54) is 141 Å². The average molecular weight is 593 g/mol. The second-order valence-electron chi connectivity index (χ2n) is 12.3. The molecule has 0 aliphatic rings. The standard InChI is InChI=1S/C38H72O4/c1-3-5-7-9-11-13-15-17-19-20-22-24-26-28-30-32-34-41-36-37(35-39)42-38(40)33-31-29-27-25-23-21-18-16-14-12-10-8-6-4-2/h11,13,17,19,37,39H,3-10,12,14-16,18,20-36H2,1-2H3/b13-11-,19-17-. The Hall–Kier alpha value is -1.13. The molecule has 42 heavy (non-hydrogen) atoms. The summed E-state index contributed by atoms with van der Waals surface area (Å²) in [6.45, 7) is 5.31. The molecular formula is C38H72O4. The van der Waals surface area contributed by atoms with Gasteiger partial charge in [0.25, 0.3) is 0 Å². The van der Waals surface area contributed by atoms with Crippen LogP contribution >= 0.6 is 0 Å². The Bertz CT molecular complexity index is 586. The molecule has 0 bridgehead atoms. The number of hydrogen-bond donors (Lipinski definition) is 1. The van der Waals surface area contributed by atoms with E-state index >= 15 is 0 Å². The molecule has 0 saturated carbocycles. The zero-order valence-corrected chi connectivity index (χ0v) is 28.3. The Morgan fingerprint density at radius 3 is 1.52 bits per heavy atom. The van der Waals surface area contributed by atoms with Crippen molar-refractivity contribution in [2.75, 3.05) is 19.8 Å². The molecule has 1 N–H and O–H groups in total. The molecule has 0 aliphatic heterocycles. The smallest absolute Gasteiger partial charge is 0.306 e. The van der Waals surface area contributed by atoms with E-state index < -0.39 is 6.10 Å². The Balaban J connectivity index is 3.44. The predicted octanol–water partition coefficient (Wildman–Crippen LogP) is 11.6. The molecule has 4 nitrogen and oxygen atoms in total. The Morgan fingerprint density at radius 1 is 0.571 bits per heavy atom. The number of aliphatic hydroxyl groups excluding tert-OH is 1. The molecule has 0 heterocycles. The van der Waals surface area contributed by atoms with E-state index in [1.54, 1.807) is 0 Å². The molecule has 1 atom stereocenters. The van der Waals surface area contributed by atoms with Gasteiger partial charge in [-0.1, -0.05) is 160 Å². The van der Waals surface area contributed by atoms with E-state index in [-0.39, 0.29) is 12.6 Å². The number of hydrogen-bond acceptors (Lipinski definition) is 4. The summed E-state index contributed by atoms with van der Waals surface area (Å²) in [4.78, 5) is 12.1. The maximum Gasteiger partial charge on any atom is 0.306 e. The van der Waals surface area contributed by atoms with Gasteiger partial charge in [0.15, 0.2) is 0 Å². The fourth-order valence-electron chi connectivity index (χ4n) is 5.24. The highest BCUT2D eigenvalue weighted by Crippen LogP contribution is 2.14. The number of carbonyl (C=O) groups is 1. The van der Waals surface area contributed by atoms with Crippen LogP contribution in [0.5, 0.6) is 0 Å². The van der Waals surface area contributed by atoms with Crippen LogP contribution in [0, 0.1) is 0 Å². The van der Waals surface area contributed by atoms with Crippen molar-refractivity contribution in [3.05, 3.63) is 24.3 Å². The molecule has 0 aromatic rings. The lowest BCUT2D eigenvalue weighted by Gasteiger charge is -2.15. The second kappa shape index (κ2) is 36.1. The maximum absolute atomic E-state index is 12.1. The zero-order chi connectivity index (χ0) is 30.6. The average Bonchev–Trinajstić information content (AvgIpc) is 3.00. The van der Waals surface area contributed by atoms with Crippen LogP contribution < -0.4 is 0 Å². The van der Waals surface area contributed by atoms with Crippen LogP contribution in [0.1, 0.15) is 187 Å². The van der Waals surface area contributed by atoms with Gasteiger partial charge in [0.1, 0.15) is 6.10 Å². The van der Waals surface area contributed by atoms with E-state index in [0.717, 1.165) is 25.7 Å². The lowest BCUT2D eigenvalue weighted by molar-refractivity contribution is -0.154. The Labute approximate surface area is 262 Å². The van der Waals surface area contributed by atoms with Crippen molar-refractivity contribution in [3.8, 4) is 0 Å². The minimum atomic E-state index is -0.534. The van der Waals surface area contributed by atoms with Crippen molar-refractivity contribution < 1.29 is 19.4 Å². The van der Waals surface area contributed by atoms with Gasteiger partial charge in [0, 0.05) is 13.0 Å². The van der Waals surface area contributed by atoms with Crippen LogP contribution in [0.25, 0.3) is 0 Å². The predicted molar refractivity (Wildman–Crippen MR) is 182 cm³/mol. The summed E-state index contributed by atoms with van der Waals surface area (Å²) in [5.74, 6) is -0.203. The summed E-state index contributed by atoms with van der Waals surface area (Å²) in [5, 5.41) is 9.55. The number of ether oxygens (including phenoxy) is 2. The highest BCUT2D eigenvalue weighted by Gasteiger charge is 2.13. The monoisotopic (exact) mass is 593 g/mol. The van der Waals surface area contributed by atoms with E-state index in [0.29, 0.717) is 19.6 Å². The molecule has 0 spiro atoms. The lowest BCUT2D eigenvalue weighted by Crippen LogP contribution is -2.27. The topological polar surface area (TPSA) is 55.8 Å². The van der Waals surface area contributed by atoms with Gasteiger partial charge in [-0.3, -0.25) is 4.79 Å². The van der Waals surface area contributed by atoms with E-state index in [2.05, 4.69) is 38.2 Å². The van der Waals surface area contributed by atoms with Crippen molar-refractivity contribution in [1.82, 2.24) is 0 Å². The van der Waals surface area contributed by atoms with E-state index in [4.69, 9.17) is 9.47 Å². The zero-order valence-electron chi connectivity index (χ0n) is 28.3. The number of carbonyl (C=O) groups excluding carboxylic acids is 1. The highest BCUT2D eigenvalue weighted by molar-refractivity contribution is 5.69. The summed E-state index contributed by atoms with van der Waals surface area (Å²) in [6, 6.07) is 0. The third-order valence-electron chi connectivity index (χ3n) is 8.03. The largest absolute Gasteiger partial charge is 0.457 e. The first-order valence-corrected chi connectivity index (χ1v) is 18.4. The van der Waals surface area contributed by atoms with Crippen molar-refractivity contribution in [2.24, 2.45) is 0 Å². The molecule has 0 aromatic heterocycles. The molecule has 0 fully saturated rings. The van der Waals surface area contributed by atoms with Gasteiger partial charge < -0.3 is 14.6 Å². The van der Waals surface area contributed by atoms with Crippen molar-refractivity contribution >= 4 is 5.97 Å². The highest BCUT2D eigenvalue weighted by atomic mass is 16.6. The second-order valence-corrected chi connectivity index (χ2v) is 12.3. The van der Waals surface area contributed by atoms with Crippen molar-refractivity contribution in [2.45, 2.75) is 193 Å². The van der Waals surface area contributed by atoms with E-state index in [9.17, 15) is 9.90 Å². The number of esters is 1. The summed E-state index contributed by atoms with van der Waals surface area (Å²) >= 11 is 0. The molecule has 0 aliphatic carbocycles. The van der Waals surface area contributed by atoms with Crippen LogP contribution in [0.4, 0.5) is 0 Å². The van der Waals surface area contributed by atoms with Crippen molar-refractivity contribution in [1.29, 1.82) is 0 Å². The van der Waals surface area contributed by atoms with Crippen LogP contribution in [0.2, 0.25) is 0 Å². The molecule has 0 aromatic carbocycles. The molecule has 0 saturated heterocycles. The van der Waals surface area contributed by atoms with Crippen LogP contribution in [0.3, 0.4) is 0 Å². The fourth-order valence-corrected chi connectivity index (χ4v) is 5.24. The van der Waals surface area contributed by atoms with Gasteiger partial charge in [-0.05, 0) is 44.9 Å². The Morgan fingerprint density at radius 2 is 1.00 bits per heavy atom. The van der Waals surface area contributed by atoms with Crippen molar-refractivity contribution in [3.63, 3.8) is 0 Å². The molecule has 0 rings (SSSR count). The summed E-state index contributed by atoms with van der Waals surface area (Å²) in [7, 11) is 0. The molecule has 0 amide bonds. The third-order valence-corrected chi connectivity index (χ3v) is 8.03. The molecule has 248 valence electrons. The van der Waals surface area contributed by atoms with Gasteiger partial charge in [-0.25, -0.2) is 0 Å². The SMILES string of the molecule is CCCCC/C=C\C/C=C\CCCCCCCCOCC(CO)OC(=O)CCCCCCCCCCCCCCCC. The quantitative estimate of drug-likeness (QED) is 0.0459.